The number of alkyl halides is 1. The van der Waals surface area contributed by atoms with Gasteiger partial charge in [-0.3, -0.25) is 0 Å². The molecule has 2 saturated carbocycles. The summed E-state index contributed by atoms with van der Waals surface area (Å²) in [6, 6.07) is 0. The lowest BCUT2D eigenvalue weighted by Crippen LogP contribution is -2.41. The van der Waals surface area contributed by atoms with Crippen molar-refractivity contribution in [2.24, 2.45) is 11.8 Å². The first kappa shape index (κ1) is 14.9. The van der Waals surface area contributed by atoms with Crippen molar-refractivity contribution in [1.29, 1.82) is 0 Å². The van der Waals surface area contributed by atoms with E-state index in [0.717, 1.165) is 11.8 Å². The fraction of sp³-hybridized carbons (Fsp3) is 1.00. The van der Waals surface area contributed by atoms with Crippen molar-refractivity contribution in [1.82, 2.24) is 0 Å². The summed E-state index contributed by atoms with van der Waals surface area (Å²) in [5.41, 5.74) is 0. The maximum atomic E-state index is 4.31. The Morgan fingerprint density at radius 3 is 1.67 bits per heavy atom. The summed E-state index contributed by atoms with van der Waals surface area (Å²) in [7, 11) is 0. The quantitative estimate of drug-likeness (QED) is 0.510. The summed E-state index contributed by atoms with van der Waals surface area (Å²) in [6.07, 6.45) is 19.1. The Bertz CT molecular complexity index is 206. The molecule has 0 spiro atoms. The van der Waals surface area contributed by atoms with Gasteiger partial charge in [-0.05, 0) is 43.9 Å². The number of hydrogen-bond donors (Lipinski definition) is 0. The van der Waals surface area contributed by atoms with E-state index >= 15 is 0 Å². The average molecular weight is 315 g/mol. The molecule has 106 valence electrons. The minimum Gasteiger partial charge on any atom is -0.0847 e. The van der Waals surface area contributed by atoms with Gasteiger partial charge < -0.3 is 0 Å². The van der Waals surface area contributed by atoms with Gasteiger partial charge in [-0.15, -0.1) is 0 Å². The van der Waals surface area contributed by atoms with E-state index in [1.54, 1.807) is 0 Å². The maximum absolute atomic E-state index is 4.31. The molecule has 0 amide bonds. The van der Waals surface area contributed by atoms with Gasteiger partial charge in [-0.1, -0.05) is 74.2 Å². The fourth-order valence-electron chi connectivity index (χ4n) is 4.35. The molecule has 18 heavy (non-hydrogen) atoms. The summed E-state index contributed by atoms with van der Waals surface area (Å²) < 4.78 is 0.504. The third-order valence-corrected chi connectivity index (χ3v) is 7.17. The predicted molar refractivity (Wildman–Crippen MR) is 84.3 cm³/mol. The van der Waals surface area contributed by atoms with Crippen LogP contribution < -0.4 is 0 Å². The van der Waals surface area contributed by atoms with Crippen molar-refractivity contribution in [3.05, 3.63) is 0 Å². The van der Waals surface area contributed by atoms with Crippen LogP contribution in [0.4, 0.5) is 0 Å². The summed E-state index contributed by atoms with van der Waals surface area (Å²) >= 11 is 4.31. The molecule has 0 bridgehead atoms. The second-order valence-corrected chi connectivity index (χ2v) is 8.18. The predicted octanol–water partition coefficient (Wildman–Crippen LogP) is 6.47. The number of halogens is 1. The van der Waals surface area contributed by atoms with Gasteiger partial charge >= 0.3 is 0 Å². The van der Waals surface area contributed by atoms with E-state index < -0.39 is 0 Å². The fourth-order valence-corrected chi connectivity index (χ4v) is 5.55. The third-order valence-electron chi connectivity index (χ3n) is 5.48. The van der Waals surface area contributed by atoms with Crippen molar-refractivity contribution >= 4 is 15.9 Å². The summed E-state index contributed by atoms with van der Waals surface area (Å²) in [4.78, 5) is 0. The Labute approximate surface area is 122 Å². The zero-order valence-corrected chi connectivity index (χ0v) is 13.8. The van der Waals surface area contributed by atoms with Crippen LogP contribution in [-0.2, 0) is 0 Å². The number of unbranched alkanes of at least 4 members (excludes halogenated alkanes) is 1. The van der Waals surface area contributed by atoms with Gasteiger partial charge in [0, 0.05) is 4.32 Å². The van der Waals surface area contributed by atoms with Crippen LogP contribution in [-0.4, -0.2) is 4.32 Å². The van der Waals surface area contributed by atoms with Crippen LogP contribution in [0.1, 0.15) is 90.4 Å². The van der Waals surface area contributed by atoms with Crippen LogP contribution >= 0.6 is 15.9 Å². The second kappa shape index (κ2) is 7.31. The Hall–Kier alpha value is 0.480. The first-order valence-corrected chi connectivity index (χ1v) is 9.25. The highest BCUT2D eigenvalue weighted by Gasteiger charge is 2.42. The topological polar surface area (TPSA) is 0 Å². The monoisotopic (exact) mass is 314 g/mol. The van der Waals surface area contributed by atoms with Gasteiger partial charge in [0.05, 0.1) is 0 Å². The molecule has 0 saturated heterocycles. The van der Waals surface area contributed by atoms with Crippen LogP contribution in [0.25, 0.3) is 0 Å². The molecule has 0 aromatic rings. The van der Waals surface area contributed by atoms with Gasteiger partial charge in [0.25, 0.3) is 0 Å². The van der Waals surface area contributed by atoms with Gasteiger partial charge in [-0.25, -0.2) is 0 Å². The van der Waals surface area contributed by atoms with Crippen LogP contribution in [0.2, 0.25) is 0 Å². The zero-order valence-electron chi connectivity index (χ0n) is 12.2. The standard InChI is InChI=1S/C17H31Br/c1-2-3-14-17(18,15-10-6-4-7-11-15)16-12-8-5-9-13-16/h15-16H,2-14H2,1H3. The molecule has 0 aliphatic heterocycles. The molecular weight excluding hydrogens is 284 g/mol. The number of rotatable bonds is 5. The first-order valence-electron chi connectivity index (χ1n) is 8.46. The van der Waals surface area contributed by atoms with Gasteiger partial charge in [0.1, 0.15) is 0 Å². The lowest BCUT2D eigenvalue weighted by molar-refractivity contribution is 0.169. The molecule has 0 nitrogen and oxygen atoms in total. The largest absolute Gasteiger partial charge is 0.0847 e. The second-order valence-electron chi connectivity index (χ2n) is 6.70. The van der Waals surface area contributed by atoms with Crippen molar-refractivity contribution in [3.8, 4) is 0 Å². The Morgan fingerprint density at radius 2 is 1.28 bits per heavy atom. The molecule has 1 heteroatoms. The van der Waals surface area contributed by atoms with E-state index in [9.17, 15) is 0 Å². The molecule has 2 aliphatic rings. The van der Waals surface area contributed by atoms with Crippen LogP contribution in [0.3, 0.4) is 0 Å². The molecule has 0 atom stereocenters. The summed E-state index contributed by atoms with van der Waals surface area (Å²) in [5.74, 6) is 1.95. The minimum atomic E-state index is 0.504. The van der Waals surface area contributed by atoms with Crippen molar-refractivity contribution < 1.29 is 0 Å². The van der Waals surface area contributed by atoms with Crippen molar-refractivity contribution in [2.75, 3.05) is 0 Å². The van der Waals surface area contributed by atoms with Gasteiger partial charge in [0.2, 0.25) is 0 Å². The van der Waals surface area contributed by atoms with E-state index in [-0.39, 0.29) is 0 Å². The van der Waals surface area contributed by atoms with E-state index in [1.165, 1.54) is 83.5 Å². The molecule has 2 rings (SSSR count). The van der Waals surface area contributed by atoms with Crippen molar-refractivity contribution in [2.45, 2.75) is 94.7 Å². The maximum Gasteiger partial charge on any atom is 0.0314 e. The van der Waals surface area contributed by atoms with Crippen LogP contribution in [0.15, 0.2) is 0 Å². The number of hydrogen-bond acceptors (Lipinski definition) is 0. The molecular formula is C17H31Br. The normalized spacial score (nSPS) is 24.3. The molecule has 0 radical (unpaired) electrons. The lowest BCUT2D eigenvalue weighted by atomic mass is 9.67. The van der Waals surface area contributed by atoms with E-state index in [2.05, 4.69) is 22.9 Å². The highest BCUT2D eigenvalue weighted by Crippen LogP contribution is 2.50. The van der Waals surface area contributed by atoms with Gasteiger partial charge in [-0.2, -0.15) is 0 Å². The third kappa shape index (κ3) is 3.52. The molecule has 0 aromatic carbocycles. The molecule has 0 unspecified atom stereocenters. The minimum absolute atomic E-state index is 0.504. The summed E-state index contributed by atoms with van der Waals surface area (Å²) in [5, 5.41) is 0. The Morgan fingerprint density at radius 1 is 0.833 bits per heavy atom. The first-order chi connectivity index (χ1) is 8.77. The molecule has 0 heterocycles. The smallest absolute Gasteiger partial charge is 0.0314 e. The van der Waals surface area contributed by atoms with Crippen LogP contribution in [0.5, 0.6) is 0 Å². The lowest BCUT2D eigenvalue weighted by Gasteiger charge is -2.45. The molecule has 0 N–H and O–H groups in total. The highest BCUT2D eigenvalue weighted by atomic mass is 79.9. The van der Waals surface area contributed by atoms with Crippen LogP contribution in [0, 0.1) is 11.8 Å². The molecule has 0 aromatic heterocycles. The zero-order chi connectivity index (χ0) is 12.8. The molecule has 2 fully saturated rings. The van der Waals surface area contributed by atoms with E-state index in [1.807, 2.05) is 0 Å². The van der Waals surface area contributed by atoms with Gasteiger partial charge in [0.15, 0.2) is 0 Å². The SMILES string of the molecule is CCCCC(Br)(C1CCCCC1)C1CCCCC1. The van der Waals surface area contributed by atoms with E-state index in [0.29, 0.717) is 4.32 Å². The van der Waals surface area contributed by atoms with E-state index in [4.69, 9.17) is 0 Å². The molecule has 2 aliphatic carbocycles. The van der Waals surface area contributed by atoms with Crippen molar-refractivity contribution in [3.63, 3.8) is 0 Å². The highest BCUT2D eigenvalue weighted by molar-refractivity contribution is 9.10. The average Bonchev–Trinajstić information content (AvgIpc) is 2.46. The Kier molecular flexibility index (Phi) is 6.04. The Balaban J connectivity index is 2.04. The summed E-state index contributed by atoms with van der Waals surface area (Å²) in [6.45, 7) is 2.34.